The van der Waals surface area contributed by atoms with Crippen LogP contribution < -0.4 is 0 Å². The van der Waals surface area contributed by atoms with Crippen LogP contribution in [0.4, 0.5) is 0 Å². The Labute approximate surface area is 100 Å². The first-order valence-electron chi connectivity index (χ1n) is 5.34. The molecule has 2 heteroatoms. The molecule has 0 spiro atoms. The van der Waals surface area contributed by atoms with Gasteiger partial charge in [-0.05, 0) is 42.3 Å². The molecule has 0 atom stereocenters. The fraction of sp³-hybridized carbons (Fsp3) is 0.143. The topological polar surface area (TPSA) is 20.2 Å². The van der Waals surface area contributed by atoms with Crippen molar-refractivity contribution in [1.29, 1.82) is 0 Å². The Balaban J connectivity index is 2.22. The standard InChI is InChI=1S/C14H14OS/c1-2-11-10-13(8-9-14(11)15)16-12-6-4-3-5-7-12/h3-10,15H,2H2,1H3. The Kier molecular flexibility index (Phi) is 3.52. The molecule has 82 valence electrons. The minimum Gasteiger partial charge on any atom is -0.508 e. The summed E-state index contributed by atoms with van der Waals surface area (Å²) in [5, 5.41) is 9.59. The van der Waals surface area contributed by atoms with Gasteiger partial charge in [-0.2, -0.15) is 0 Å². The fourth-order valence-corrected chi connectivity index (χ4v) is 2.44. The van der Waals surface area contributed by atoms with Gasteiger partial charge in [0.2, 0.25) is 0 Å². The highest BCUT2D eigenvalue weighted by Gasteiger charge is 2.02. The van der Waals surface area contributed by atoms with E-state index in [0.717, 1.165) is 12.0 Å². The van der Waals surface area contributed by atoms with Crippen LogP contribution in [0.2, 0.25) is 0 Å². The summed E-state index contributed by atoms with van der Waals surface area (Å²) in [6.45, 7) is 2.05. The largest absolute Gasteiger partial charge is 0.508 e. The molecule has 0 radical (unpaired) electrons. The van der Waals surface area contributed by atoms with E-state index in [4.69, 9.17) is 0 Å². The highest BCUT2D eigenvalue weighted by molar-refractivity contribution is 7.99. The smallest absolute Gasteiger partial charge is 0.118 e. The lowest BCUT2D eigenvalue weighted by molar-refractivity contribution is 0.468. The van der Waals surface area contributed by atoms with Crippen molar-refractivity contribution in [3.63, 3.8) is 0 Å². The van der Waals surface area contributed by atoms with E-state index in [9.17, 15) is 5.11 Å². The number of aryl methyl sites for hydroxylation is 1. The molecule has 0 aliphatic heterocycles. The number of aromatic hydroxyl groups is 1. The molecule has 0 saturated carbocycles. The predicted molar refractivity (Wildman–Crippen MR) is 68.0 cm³/mol. The first-order valence-corrected chi connectivity index (χ1v) is 6.16. The van der Waals surface area contributed by atoms with E-state index >= 15 is 0 Å². The summed E-state index contributed by atoms with van der Waals surface area (Å²) in [6, 6.07) is 16.0. The SMILES string of the molecule is CCc1cc(Sc2ccccc2)ccc1O. The Morgan fingerprint density at radius 2 is 1.75 bits per heavy atom. The Morgan fingerprint density at radius 3 is 2.44 bits per heavy atom. The maximum atomic E-state index is 9.59. The lowest BCUT2D eigenvalue weighted by atomic mass is 10.1. The van der Waals surface area contributed by atoms with Gasteiger partial charge in [-0.15, -0.1) is 0 Å². The van der Waals surface area contributed by atoms with Crippen LogP contribution in [0, 0.1) is 0 Å². The molecule has 2 rings (SSSR count). The van der Waals surface area contributed by atoms with Gasteiger partial charge in [0.05, 0.1) is 0 Å². The van der Waals surface area contributed by atoms with Gasteiger partial charge in [-0.1, -0.05) is 36.9 Å². The van der Waals surface area contributed by atoms with Gasteiger partial charge >= 0.3 is 0 Å². The minimum absolute atomic E-state index is 0.389. The van der Waals surface area contributed by atoms with Gasteiger partial charge in [0, 0.05) is 9.79 Å². The first kappa shape index (κ1) is 11.1. The maximum absolute atomic E-state index is 9.59. The van der Waals surface area contributed by atoms with E-state index in [1.54, 1.807) is 17.8 Å². The zero-order chi connectivity index (χ0) is 11.4. The molecular formula is C14H14OS. The van der Waals surface area contributed by atoms with E-state index in [2.05, 4.69) is 12.1 Å². The van der Waals surface area contributed by atoms with Gasteiger partial charge in [0.1, 0.15) is 5.75 Å². The Hall–Kier alpha value is -1.41. The number of benzene rings is 2. The van der Waals surface area contributed by atoms with E-state index in [1.807, 2.05) is 37.3 Å². The molecule has 0 amide bonds. The van der Waals surface area contributed by atoms with Crippen molar-refractivity contribution in [1.82, 2.24) is 0 Å². The first-order chi connectivity index (χ1) is 7.79. The number of phenols is 1. The van der Waals surface area contributed by atoms with Crippen LogP contribution in [-0.4, -0.2) is 5.11 Å². The van der Waals surface area contributed by atoms with Crippen LogP contribution in [-0.2, 0) is 6.42 Å². The van der Waals surface area contributed by atoms with Crippen molar-refractivity contribution in [2.24, 2.45) is 0 Å². The van der Waals surface area contributed by atoms with E-state index in [0.29, 0.717) is 5.75 Å². The van der Waals surface area contributed by atoms with Crippen molar-refractivity contribution >= 4 is 11.8 Å². The predicted octanol–water partition coefficient (Wildman–Crippen LogP) is 4.11. The normalized spacial score (nSPS) is 10.3. The van der Waals surface area contributed by atoms with Gasteiger partial charge in [0.25, 0.3) is 0 Å². The van der Waals surface area contributed by atoms with Crippen LogP contribution in [0.1, 0.15) is 12.5 Å². The van der Waals surface area contributed by atoms with Crippen LogP contribution in [0.5, 0.6) is 5.75 Å². The van der Waals surface area contributed by atoms with Crippen molar-refractivity contribution in [2.45, 2.75) is 23.1 Å². The molecule has 0 bridgehead atoms. The summed E-state index contributed by atoms with van der Waals surface area (Å²) >= 11 is 1.71. The minimum atomic E-state index is 0.389. The zero-order valence-electron chi connectivity index (χ0n) is 9.18. The molecule has 0 aromatic heterocycles. The monoisotopic (exact) mass is 230 g/mol. The molecule has 1 N–H and O–H groups in total. The highest BCUT2D eigenvalue weighted by Crippen LogP contribution is 2.30. The number of hydrogen-bond donors (Lipinski definition) is 1. The average Bonchev–Trinajstić information content (AvgIpc) is 2.33. The Morgan fingerprint density at radius 1 is 1.00 bits per heavy atom. The molecule has 2 aromatic rings. The van der Waals surface area contributed by atoms with Gasteiger partial charge in [0.15, 0.2) is 0 Å². The molecule has 0 aliphatic rings. The molecule has 1 nitrogen and oxygen atoms in total. The van der Waals surface area contributed by atoms with Crippen molar-refractivity contribution < 1.29 is 5.11 Å². The highest BCUT2D eigenvalue weighted by atomic mass is 32.2. The molecule has 0 unspecified atom stereocenters. The fourth-order valence-electron chi connectivity index (χ4n) is 1.53. The average molecular weight is 230 g/mol. The van der Waals surface area contributed by atoms with E-state index in [1.165, 1.54) is 9.79 Å². The van der Waals surface area contributed by atoms with Gasteiger partial charge < -0.3 is 5.11 Å². The third-order valence-electron chi connectivity index (χ3n) is 2.41. The zero-order valence-corrected chi connectivity index (χ0v) is 10.00. The number of hydrogen-bond acceptors (Lipinski definition) is 2. The van der Waals surface area contributed by atoms with E-state index < -0.39 is 0 Å². The number of phenolic OH excluding ortho intramolecular Hbond substituents is 1. The Bertz CT molecular complexity index is 465. The van der Waals surface area contributed by atoms with Gasteiger partial charge in [-0.3, -0.25) is 0 Å². The van der Waals surface area contributed by atoms with Crippen LogP contribution in [0.15, 0.2) is 58.3 Å². The lowest BCUT2D eigenvalue weighted by Gasteiger charge is -2.05. The second kappa shape index (κ2) is 5.08. The molecular weight excluding hydrogens is 216 g/mol. The maximum Gasteiger partial charge on any atom is 0.118 e. The molecule has 0 saturated heterocycles. The van der Waals surface area contributed by atoms with Crippen LogP contribution >= 0.6 is 11.8 Å². The molecule has 0 fully saturated rings. The molecule has 0 heterocycles. The van der Waals surface area contributed by atoms with Crippen molar-refractivity contribution in [3.05, 3.63) is 54.1 Å². The lowest BCUT2D eigenvalue weighted by Crippen LogP contribution is -1.82. The summed E-state index contributed by atoms with van der Waals surface area (Å²) in [4.78, 5) is 2.39. The third kappa shape index (κ3) is 2.58. The summed E-state index contributed by atoms with van der Waals surface area (Å²) in [5.74, 6) is 0.389. The quantitative estimate of drug-likeness (QED) is 0.856. The summed E-state index contributed by atoms with van der Waals surface area (Å²) in [7, 11) is 0. The third-order valence-corrected chi connectivity index (χ3v) is 3.41. The summed E-state index contributed by atoms with van der Waals surface area (Å²) < 4.78 is 0. The molecule has 2 aromatic carbocycles. The summed E-state index contributed by atoms with van der Waals surface area (Å²) in [6.07, 6.45) is 0.856. The second-order valence-corrected chi connectivity index (χ2v) is 4.71. The van der Waals surface area contributed by atoms with Crippen LogP contribution in [0.25, 0.3) is 0 Å². The van der Waals surface area contributed by atoms with Gasteiger partial charge in [-0.25, -0.2) is 0 Å². The molecule has 0 aliphatic carbocycles. The number of rotatable bonds is 3. The van der Waals surface area contributed by atoms with Crippen molar-refractivity contribution in [2.75, 3.05) is 0 Å². The molecule has 16 heavy (non-hydrogen) atoms. The van der Waals surface area contributed by atoms with Crippen LogP contribution in [0.3, 0.4) is 0 Å². The second-order valence-electron chi connectivity index (χ2n) is 3.56. The summed E-state index contributed by atoms with van der Waals surface area (Å²) in [5.41, 5.74) is 1.00. The van der Waals surface area contributed by atoms with Crippen molar-refractivity contribution in [3.8, 4) is 5.75 Å². The van der Waals surface area contributed by atoms with E-state index in [-0.39, 0.29) is 0 Å².